The Labute approximate surface area is 153 Å². The van der Waals surface area contributed by atoms with Crippen molar-refractivity contribution in [2.45, 2.75) is 19.4 Å². The minimum absolute atomic E-state index is 0.0158. The van der Waals surface area contributed by atoms with Crippen LogP contribution in [0, 0.1) is 23.3 Å². The molecule has 0 unspecified atom stereocenters. The number of carbonyl (C=O) groups excluding carboxylic acids is 2. The van der Waals surface area contributed by atoms with Crippen molar-refractivity contribution in [2.24, 2.45) is 0 Å². The van der Waals surface area contributed by atoms with Crippen LogP contribution in [0.4, 0.5) is 17.6 Å². The molecule has 2 aromatic rings. The van der Waals surface area contributed by atoms with E-state index >= 15 is 0 Å². The molecule has 0 heterocycles. The van der Waals surface area contributed by atoms with Crippen LogP contribution in [0.25, 0.3) is 0 Å². The lowest BCUT2D eigenvalue weighted by molar-refractivity contribution is -0.130. The van der Waals surface area contributed by atoms with Crippen molar-refractivity contribution < 1.29 is 27.2 Å². The van der Waals surface area contributed by atoms with Gasteiger partial charge in [-0.15, -0.1) is 0 Å². The molecule has 0 spiro atoms. The second kappa shape index (κ2) is 9.16. The molecule has 144 valence electrons. The summed E-state index contributed by atoms with van der Waals surface area (Å²) in [7, 11) is 1.48. The number of benzene rings is 2. The van der Waals surface area contributed by atoms with E-state index in [0.29, 0.717) is 6.07 Å². The number of hydrogen-bond acceptors (Lipinski definition) is 2. The Morgan fingerprint density at radius 1 is 0.963 bits per heavy atom. The van der Waals surface area contributed by atoms with Crippen LogP contribution in [0.1, 0.15) is 28.8 Å². The molecule has 0 atom stereocenters. The highest BCUT2D eigenvalue weighted by molar-refractivity contribution is 5.94. The predicted molar refractivity (Wildman–Crippen MR) is 90.8 cm³/mol. The van der Waals surface area contributed by atoms with E-state index in [9.17, 15) is 27.2 Å². The maximum absolute atomic E-state index is 13.6. The van der Waals surface area contributed by atoms with E-state index < -0.39 is 29.2 Å². The molecule has 0 radical (unpaired) electrons. The Morgan fingerprint density at radius 3 is 2.22 bits per heavy atom. The molecule has 2 aromatic carbocycles. The van der Waals surface area contributed by atoms with Gasteiger partial charge in [-0.1, -0.05) is 6.07 Å². The predicted octanol–water partition coefficient (Wildman–Crippen LogP) is 3.41. The number of nitrogens with zero attached hydrogens (tertiary/aromatic N) is 1. The molecule has 2 rings (SSSR count). The third-order valence-corrected chi connectivity index (χ3v) is 3.88. The van der Waals surface area contributed by atoms with Gasteiger partial charge in [-0.05, 0) is 24.6 Å². The number of nitrogens with one attached hydrogen (secondary N) is 1. The van der Waals surface area contributed by atoms with Crippen molar-refractivity contribution in [1.82, 2.24) is 10.2 Å². The summed E-state index contributed by atoms with van der Waals surface area (Å²) in [5, 5.41) is 2.44. The molecule has 27 heavy (non-hydrogen) atoms. The summed E-state index contributed by atoms with van der Waals surface area (Å²) in [6.07, 6.45) is 0.356. The molecule has 0 aliphatic rings. The molecular formula is C19H18F4N2O2. The normalized spacial score (nSPS) is 10.6. The van der Waals surface area contributed by atoms with Crippen molar-refractivity contribution in [3.8, 4) is 0 Å². The molecule has 0 fully saturated rings. The molecule has 0 aliphatic carbocycles. The zero-order valence-electron chi connectivity index (χ0n) is 14.6. The van der Waals surface area contributed by atoms with Crippen molar-refractivity contribution in [3.63, 3.8) is 0 Å². The lowest BCUT2D eigenvalue weighted by Crippen LogP contribution is -2.29. The largest absolute Gasteiger partial charge is 0.352 e. The van der Waals surface area contributed by atoms with Gasteiger partial charge in [0.05, 0.1) is 5.56 Å². The monoisotopic (exact) mass is 382 g/mol. The van der Waals surface area contributed by atoms with Crippen LogP contribution in [0.2, 0.25) is 0 Å². The Bertz CT molecular complexity index is 842. The third-order valence-electron chi connectivity index (χ3n) is 3.88. The summed E-state index contributed by atoms with van der Waals surface area (Å²) >= 11 is 0. The Hall–Kier alpha value is -2.90. The summed E-state index contributed by atoms with van der Waals surface area (Å²) in [5.74, 6) is -4.18. The smallest absolute Gasteiger partial charge is 0.254 e. The summed E-state index contributed by atoms with van der Waals surface area (Å²) in [4.78, 5) is 25.2. The van der Waals surface area contributed by atoms with Crippen LogP contribution in [0.15, 0.2) is 36.4 Å². The standard InChI is InChI=1S/C19H18F4N2O2/c1-25(11-12-4-5-13(20)9-16(12)22)18(26)3-2-8-24-19(27)15-7-6-14(21)10-17(15)23/h4-7,9-10H,2-3,8,11H2,1H3,(H,24,27). The van der Waals surface area contributed by atoms with Gasteiger partial charge in [-0.3, -0.25) is 9.59 Å². The summed E-state index contributed by atoms with van der Waals surface area (Å²) in [6.45, 7) is 0.0955. The topological polar surface area (TPSA) is 49.4 Å². The van der Waals surface area contributed by atoms with E-state index in [-0.39, 0.29) is 43.0 Å². The van der Waals surface area contributed by atoms with Crippen LogP contribution in [0.5, 0.6) is 0 Å². The zero-order valence-corrected chi connectivity index (χ0v) is 14.6. The van der Waals surface area contributed by atoms with Gasteiger partial charge in [0.15, 0.2) is 0 Å². The van der Waals surface area contributed by atoms with E-state index in [0.717, 1.165) is 24.3 Å². The van der Waals surface area contributed by atoms with Crippen molar-refractivity contribution in [1.29, 1.82) is 0 Å². The highest BCUT2D eigenvalue weighted by Crippen LogP contribution is 2.12. The van der Waals surface area contributed by atoms with Crippen molar-refractivity contribution in [3.05, 3.63) is 70.8 Å². The van der Waals surface area contributed by atoms with E-state index in [1.54, 1.807) is 0 Å². The van der Waals surface area contributed by atoms with Gasteiger partial charge in [0.1, 0.15) is 23.3 Å². The minimum Gasteiger partial charge on any atom is -0.352 e. The van der Waals surface area contributed by atoms with Crippen LogP contribution >= 0.6 is 0 Å². The van der Waals surface area contributed by atoms with Gasteiger partial charge < -0.3 is 10.2 Å². The first kappa shape index (κ1) is 20.4. The molecule has 2 amide bonds. The van der Waals surface area contributed by atoms with E-state index in [2.05, 4.69) is 5.32 Å². The van der Waals surface area contributed by atoms with Gasteiger partial charge in [-0.2, -0.15) is 0 Å². The number of rotatable bonds is 7. The van der Waals surface area contributed by atoms with Gasteiger partial charge in [0, 0.05) is 44.3 Å². The molecular weight excluding hydrogens is 364 g/mol. The summed E-state index contributed by atoms with van der Waals surface area (Å²) in [5.41, 5.74) is -0.0982. The Kier molecular flexibility index (Phi) is 6.92. The second-order valence-electron chi connectivity index (χ2n) is 5.97. The highest BCUT2D eigenvalue weighted by atomic mass is 19.1. The molecule has 1 N–H and O–H groups in total. The highest BCUT2D eigenvalue weighted by Gasteiger charge is 2.14. The minimum atomic E-state index is -0.968. The van der Waals surface area contributed by atoms with Crippen LogP contribution < -0.4 is 5.32 Å². The molecule has 0 aromatic heterocycles. The summed E-state index contributed by atoms with van der Waals surface area (Å²) < 4.78 is 52.8. The number of carbonyl (C=O) groups is 2. The van der Waals surface area contributed by atoms with Crippen LogP contribution in [-0.2, 0) is 11.3 Å². The Balaban J connectivity index is 1.77. The quantitative estimate of drug-likeness (QED) is 0.589. The number of amides is 2. The van der Waals surface area contributed by atoms with Gasteiger partial charge in [0.2, 0.25) is 5.91 Å². The first-order chi connectivity index (χ1) is 12.8. The molecule has 0 saturated heterocycles. The van der Waals surface area contributed by atoms with Gasteiger partial charge in [-0.25, -0.2) is 17.6 Å². The fourth-order valence-electron chi connectivity index (χ4n) is 2.39. The third kappa shape index (κ3) is 5.80. The zero-order chi connectivity index (χ0) is 20.0. The lowest BCUT2D eigenvalue weighted by atomic mass is 10.1. The van der Waals surface area contributed by atoms with E-state index in [1.807, 2.05) is 0 Å². The second-order valence-corrected chi connectivity index (χ2v) is 5.97. The van der Waals surface area contributed by atoms with Crippen molar-refractivity contribution >= 4 is 11.8 Å². The average Bonchev–Trinajstić information content (AvgIpc) is 2.60. The first-order valence-electron chi connectivity index (χ1n) is 8.19. The first-order valence-corrected chi connectivity index (χ1v) is 8.19. The SMILES string of the molecule is CN(Cc1ccc(F)cc1F)C(=O)CCCNC(=O)c1ccc(F)cc1F. The van der Waals surface area contributed by atoms with E-state index in [4.69, 9.17) is 0 Å². The fraction of sp³-hybridized carbons (Fsp3) is 0.263. The maximum atomic E-state index is 13.6. The molecule has 0 bridgehead atoms. The van der Waals surface area contributed by atoms with Crippen LogP contribution in [0.3, 0.4) is 0 Å². The fourth-order valence-corrected chi connectivity index (χ4v) is 2.39. The van der Waals surface area contributed by atoms with Crippen molar-refractivity contribution in [2.75, 3.05) is 13.6 Å². The van der Waals surface area contributed by atoms with E-state index in [1.165, 1.54) is 18.0 Å². The maximum Gasteiger partial charge on any atom is 0.254 e. The number of halogens is 4. The number of hydrogen-bond donors (Lipinski definition) is 1. The molecule has 8 heteroatoms. The van der Waals surface area contributed by atoms with Crippen LogP contribution in [-0.4, -0.2) is 30.3 Å². The molecule has 0 aliphatic heterocycles. The summed E-state index contributed by atoms with van der Waals surface area (Å²) in [6, 6.07) is 5.76. The lowest BCUT2D eigenvalue weighted by Gasteiger charge is -2.17. The molecule has 4 nitrogen and oxygen atoms in total. The molecule has 0 saturated carbocycles. The van der Waals surface area contributed by atoms with Gasteiger partial charge >= 0.3 is 0 Å². The Morgan fingerprint density at radius 2 is 1.59 bits per heavy atom. The van der Waals surface area contributed by atoms with Gasteiger partial charge in [0.25, 0.3) is 5.91 Å². The average molecular weight is 382 g/mol.